The first-order valence-electron chi connectivity index (χ1n) is 4.38. The van der Waals surface area contributed by atoms with Crippen LogP contribution in [-0.4, -0.2) is 10.9 Å². The lowest BCUT2D eigenvalue weighted by atomic mass is 10.4. The maximum absolute atomic E-state index is 11.5. The minimum Gasteiger partial charge on any atom is -0.298 e. The monoisotopic (exact) mass is 314 g/mol. The van der Waals surface area contributed by atoms with Gasteiger partial charge in [0.25, 0.3) is 0 Å². The van der Waals surface area contributed by atoms with Crippen molar-refractivity contribution >= 4 is 55.7 Å². The second-order valence-corrected chi connectivity index (χ2v) is 6.19. The summed E-state index contributed by atoms with van der Waals surface area (Å²) < 4.78 is 1.05. The standard InChI is InChI=1S/C10H7BrN2OS2/c11-8-3-1-7(16-8)2-4-9(14)13-10-12-5-6-15-10/h1-6H,(H,12,13,14)/b4-2+. The molecule has 2 aromatic rings. The van der Waals surface area contributed by atoms with E-state index in [1.165, 1.54) is 17.4 Å². The fourth-order valence-electron chi connectivity index (χ4n) is 1.01. The van der Waals surface area contributed by atoms with E-state index in [0.717, 1.165) is 8.66 Å². The van der Waals surface area contributed by atoms with Crippen molar-refractivity contribution in [3.63, 3.8) is 0 Å². The number of nitrogens with zero attached hydrogens (tertiary/aromatic N) is 1. The van der Waals surface area contributed by atoms with Gasteiger partial charge >= 0.3 is 0 Å². The Labute approximate surface area is 109 Å². The van der Waals surface area contributed by atoms with Crippen LogP contribution in [0.4, 0.5) is 5.13 Å². The van der Waals surface area contributed by atoms with Crippen molar-refractivity contribution in [1.82, 2.24) is 4.98 Å². The van der Waals surface area contributed by atoms with Crippen LogP contribution >= 0.6 is 38.6 Å². The van der Waals surface area contributed by atoms with Gasteiger partial charge in [0.05, 0.1) is 3.79 Å². The van der Waals surface area contributed by atoms with Crippen molar-refractivity contribution in [3.05, 3.63) is 38.4 Å². The Morgan fingerprint density at radius 1 is 1.50 bits per heavy atom. The van der Waals surface area contributed by atoms with Gasteiger partial charge in [0.1, 0.15) is 0 Å². The van der Waals surface area contributed by atoms with E-state index >= 15 is 0 Å². The third-order valence-electron chi connectivity index (χ3n) is 1.66. The van der Waals surface area contributed by atoms with Crippen molar-refractivity contribution < 1.29 is 4.79 Å². The first kappa shape index (κ1) is 11.5. The average molecular weight is 315 g/mol. The van der Waals surface area contributed by atoms with Crippen molar-refractivity contribution in [2.24, 2.45) is 0 Å². The molecule has 82 valence electrons. The molecular weight excluding hydrogens is 308 g/mol. The Kier molecular flexibility index (Phi) is 3.87. The largest absolute Gasteiger partial charge is 0.298 e. The van der Waals surface area contributed by atoms with Gasteiger partial charge in [-0.2, -0.15) is 0 Å². The zero-order valence-electron chi connectivity index (χ0n) is 8.01. The van der Waals surface area contributed by atoms with E-state index in [2.05, 4.69) is 26.2 Å². The van der Waals surface area contributed by atoms with Gasteiger partial charge in [-0.25, -0.2) is 4.98 Å². The molecule has 2 aromatic heterocycles. The molecule has 1 amide bonds. The average Bonchev–Trinajstić information content (AvgIpc) is 2.87. The van der Waals surface area contributed by atoms with Crippen LogP contribution in [0.1, 0.15) is 4.88 Å². The fourth-order valence-corrected chi connectivity index (χ4v) is 2.87. The van der Waals surface area contributed by atoms with E-state index in [0.29, 0.717) is 5.13 Å². The van der Waals surface area contributed by atoms with Crippen LogP contribution in [0.3, 0.4) is 0 Å². The number of hydrogen-bond donors (Lipinski definition) is 1. The highest BCUT2D eigenvalue weighted by molar-refractivity contribution is 9.11. The minimum atomic E-state index is -0.167. The van der Waals surface area contributed by atoms with Gasteiger partial charge < -0.3 is 0 Å². The molecule has 0 aromatic carbocycles. The Bertz CT molecular complexity index is 505. The molecule has 2 rings (SSSR count). The Hall–Kier alpha value is -0.980. The van der Waals surface area contributed by atoms with Crippen LogP contribution in [0.5, 0.6) is 0 Å². The lowest BCUT2D eigenvalue weighted by molar-refractivity contribution is -0.111. The van der Waals surface area contributed by atoms with Gasteiger partial charge in [0.15, 0.2) is 5.13 Å². The van der Waals surface area contributed by atoms with Crippen molar-refractivity contribution in [2.75, 3.05) is 5.32 Å². The summed E-state index contributed by atoms with van der Waals surface area (Å²) in [5, 5.41) is 5.10. The van der Waals surface area contributed by atoms with Crippen LogP contribution in [0.15, 0.2) is 33.6 Å². The summed E-state index contributed by atoms with van der Waals surface area (Å²) in [6, 6.07) is 3.89. The van der Waals surface area contributed by atoms with E-state index in [9.17, 15) is 4.79 Å². The first-order chi connectivity index (χ1) is 7.74. The van der Waals surface area contributed by atoms with Crippen LogP contribution in [0, 0.1) is 0 Å². The molecule has 2 heterocycles. The van der Waals surface area contributed by atoms with E-state index in [4.69, 9.17) is 0 Å². The third kappa shape index (κ3) is 3.26. The summed E-state index contributed by atoms with van der Waals surface area (Å²) >= 11 is 6.33. The van der Waals surface area contributed by atoms with Gasteiger partial charge in [-0.05, 0) is 34.1 Å². The summed E-state index contributed by atoms with van der Waals surface area (Å²) in [7, 11) is 0. The molecule has 0 bridgehead atoms. The van der Waals surface area contributed by atoms with Crippen molar-refractivity contribution in [3.8, 4) is 0 Å². The second kappa shape index (κ2) is 5.38. The number of thiazole rings is 1. The van der Waals surface area contributed by atoms with Crippen LogP contribution < -0.4 is 5.32 Å². The van der Waals surface area contributed by atoms with Gasteiger partial charge in [-0.15, -0.1) is 22.7 Å². The number of anilines is 1. The number of rotatable bonds is 3. The van der Waals surface area contributed by atoms with E-state index in [1.807, 2.05) is 17.5 Å². The highest BCUT2D eigenvalue weighted by Gasteiger charge is 1.99. The summed E-state index contributed by atoms with van der Waals surface area (Å²) in [5.74, 6) is -0.167. The molecule has 6 heteroatoms. The SMILES string of the molecule is O=C(/C=C/c1ccc(Br)s1)Nc1nccs1. The topological polar surface area (TPSA) is 42.0 Å². The Morgan fingerprint density at radius 2 is 2.38 bits per heavy atom. The molecule has 0 saturated heterocycles. The van der Waals surface area contributed by atoms with Crippen LogP contribution in [0.2, 0.25) is 0 Å². The van der Waals surface area contributed by atoms with E-state index < -0.39 is 0 Å². The Morgan fingerprint density at radius 3 is 3.00 bits per heavy atom. The van der Waals surface area contributed by atoms with E-state index in [1.54, 1.807) is 23.6 Å². The summed E-state index contributed by atoms with van der Waals surface area (Å²) in [4.78, 5) is 16.4. The van der Waals surface area contributed by atoms with Crippen LogP contribution in [0.25, 0.3) is 6.08 Å². The molecule has 0 unspecified atom stereocenters. The highest BCUT2D eigenvalue weighted by atomic mass is 79.9. The smallest absolute Gasteiger partial charge is 0.250 e. The third-order valence-corrected chi connectivity index (χ3v) is 3.93. The van der Waals surface area contributed by atoms with Gasteiger partial charge in [-0.3, -0.25) is 10.1 Å². The van der Waals surface area contributed by atoms with Crippen molar-refractivity contribution in [2.45, 2.75) is 0 Å². The maximum Gasteiger partial charge on any atom is 0.250 e. The zero-order chi connectivity index (χ0) is 11.4. The molecule has 0 aliphatic heterocycles. The molecule has 16 heavy (non-hydrogen) atoms. The number of carbonyl (C=O) groups excluding carboxylic acids is 1. The lowest BCUT2D eigenvalue weighted by Crippen LogP contribution is -2.06. The molecule has 0 spiro atoms. The molecular formula is C10H7BrN2OS2. The molecule has 0 atom stereocenters. The lowest BCUT2D eigenvalue weighted by Gasteiger charge is -1.94. The number of nitrogens with one attached hydrogen (secondary N) is 1. The number of halogens is 1. The Balaban J connectivity index is 1.94. The summed E-state index contributed by atoms with van der Waals surface area (Å²) in [5.41, 5.74) is 0. The predicted octanol–water partition coefficient (Wildman–Crippen LogP) is 3.62. The summed E-state index contributed by atoms with van der Waals surface area (Å²) in [6.45, 7) is 0. The fraction of sp³-hybridized carbons (Fsp3) is 0. The molecule has 3 nitrogen and oxygen atoms in total. The summed E-state index contributed by atoms with van der Waals surface area (Å²) in [6.07, 6.45) is 4.93. The van der Waals surface area contributed by atoms with Crippen LogP contribution in [-0.2, 0) is 4.79 Å². The van der Waals surface area contributed by atoms with Gasteiger partial charge in [0, 0.05) is 22.5 Å². The van der Waals surface area contributed by atoms with E-state index in [-0.39, 0.29) is 5.91 Å². The first-order valence-corrected chi connectivity index (χ1v) is 6.87. The number of thiophene rings is 1. The van der Waals surface area contributed by atoms with Gasteiger partial charge in [-0.1, -0.05) is 0 Å². The molecule has 1 N–H and O–H groups in total. The minimum absolute atomic E-state index is 0.167. The molecule has 0 fully saturated rings. The molecule has 0 aliphatic carbocycles. The normalized spacial score (nSPS) is 10.8. The second-order valence-electron chi connectivity index (χ2n) is 2.80. The van der Waals surface area contributed by atoms with Gasteiger partial charge in [0.2, 0.25) is 5.91 Å². The van der Waals surface area contributed by atoms with Crippen molar-refractivity contribution in [1.29, 1.82) is 0 Å². The quantitative estimate of drug-likeness (QED) is 0.879. The number of amides is 1. The number of carbonyl (C=O) groups is 1. The number of aromatic nitrogens is 1. The highest BCUT2D eigenvalue weighted by Crippen LogP contribution is 2.23. The predicted molar refractivity (Wildman–Crippen MR) is 71.8 cm³/mol. The number of hydrogen-bond acceptors (Lipinski definition) is 4. The molecule has 0 saturated carbocycles. The molecule has 0 aliphatic rings. The molecule has 0 radical (unpaired) electrons. The maximum atomic E-state index is 11.5. The zero-order valence-corrected chi connectivity index (χ0v) is 11.2.